The second-order valence-electron chi connectivity index (χ2n) is 6.74. The maximum Gasteiger partial charge on any atom is 0.258 e. The summed E-state index contributed by atoms with van der Waals surface area (Å²) in [5.74, 6) is 0.529. The van der Waals surface area contributed by atoms with E-state index in [1.54, 1.807) is 30.7 Å². The van der Waals surface area contributed by atoms with Gasteiger partial charge in [0.1, 0.15) is 5.75 Å². The zero-order valence-electron chi connectivity index (χ0n) is 16.2. The summed E-state index contributed by atoms with van der Waals surface area (Å²) in [5, 5.41) is 10.7. The van der Waals surface area contributed by atoms with Gasteiger partial charge in [-0.1, -0.05) is 17.4 Å². The van der Waals surface area contributed by atoms with E-state index in [4.69, 9.17) is 4.74 Å². The monoisotopic (exact) mass is 435 g/mol. The fourth-order valence-electron chi connectivity index (χ4n) is 3.28. The topological polar surface area (TPSA) is 81.9 Å². The SMILES string of the molecule is COc1ccc2nc(NC(=O)c3cc(C)nc4c3cnn4Cc3cccs3)sc2c1. The fourth-order valence-corrected chi connectivity index (χ4v) is 4.85. The number of methoxy groups -OCH3 is 1. The number of fused-ring (bicyclic) bond motifs is 2. The standard InChI is InChI=1S/C21H17N5O2S2/c1-12-8-15(16-10-22-26(19(16)23-12)11-14-4-3-7-29-14)20(27)25-21-24-17-6-5-13(28-2)9-18(17)30-21/h3-10H,11H2,1-2H3,(H,24,25,27). The Morgan fingerprint density at radius 3 is 2.93 bits per heavy atom. The molecule has 5 aromatic rings. The van der Waals surface area contributed by atoms with Gasteiger partial charge in [-0.15, -0.1) is 11.3 Å². The van der Waals surface area contributed by atoms with Gasteiger partial charge in [0.2, 0.25) is 0 Å². The number of ether oxygens (including phenoxy) is 1. The Balaban J connectivity index is 1.48. The van der Waals surface area contributed by atoms with Gasteiger partial charge in [0.25, 0.3) is 5.91 Å². The lowest BCUT2D eigenvalue weighted by atomic mass is 10.1. The summed E-state index contributed by atoms with van der Waals surface area (Å²) in [7, 11) is 1.63. The van der Waals surface area contributed by atoms with Gasteiger partial charge in [-0.05, 0) is 42.6 Å². The number of rotatable bonds is 5. The van der Waals surface area contributed by atoms with E-state index in [1.807, 2.05) is 41.3 Å². The van der Waals surface area contributed by atoms with Crippen LogP contribution >= 0.6 is 22.7 Å². The largest absolute Gasteiger partial charge is 0.497 e. The van der Waals surface area contributed by atoms with Gasteiger partial charge in [0.05, 0.1) is 41.0 Å². The molecule has 30 heavy (non-hydrogen) atoms. The number of amides is 1. The number of thiazole rings is 1. The van der Waals surface area contributed by atoms with Crippen LogP contribution in [0.4, 0.5) is 5.13 Å². The highest BCUT2D eigenvalue weighted by Gasteiger charge is 2.18. The van der Waals surface area contributed by atoms with Crippen LogP contribution in [0.25, 0.3) is 21.3 Å². The van der Waals surface area contributed by atoms with Crippen molar-refractivity contribution in [2.24, 2.45) is 0 Å². The van der Waals surface area contributed by atoms with Crippen molar-refractivity contribution < 1.29 is 9.53 Å². The smallest absolute Gasteiger partial charge is 0.258 e. The Labute approximate surface area is 180 Å². The Hall–Kier alpha value is -3.30. The third-order valence-electron chi connectivity index (χ3n) is 4.68. The van der Waals surface area contributed by atoms with Crippen LogP contribution in [-0.2, 0) is 6.54 Å². The molecule has 1 aromatic carbocycles. The Kier molecular flexibility index (Phi) is 4.68. The van der Waals surface area contributed by atoms with Crippen molar-refractivity contribution in [1.29, 1.82) is 0 Å². The second kappa shape index (κ2) is 7.51. The molecular formula is C21H17N5O2S2. The molecule has 7 nitrogen and oxygen atoms in total. The van der Waals surface area contributed by atoms with Crippen molar-refractivity contribution in [3.8, 4) is 5.75 Å². The lowest BCUT2D eigenvalue weighted by molar-refractivity contribution is 0.102. The van der Waals surface area contributed by atoms with Gasteiger partial charge < -0.3 is 4.74 Å². The molecule has 0 bridgehead atoms. The Morgan fingerprint density at radius 2 is 2.13 bits per heavy atom. The van der Waals surface area contributed by atoms with Crippen LogP contribution < -0.4 is 10.1 Å². The van der Waals surface area contributed by atoms with Gasteiger partial charge >= 0.3 is 0 Å². The first kappa shape index (κ1) is 18.7. The molecule has 0 saturated heterocycles. The van der Waals surface area contributed by atoms with E-state index >= 15 is 0 Å². The number of carbonyl (C=O) groups excluding carboxylic acids is 1. The zero-order chi connectivity index (χ0) is 20.7. The molecule has 4 aromatic heterocycles. The predicted molar refractivity (Wildman–Crippen MR) is 120 cm³/mol. The molecule has 0 unspecified atom stereocenters. The Morgan fingerprint density at radius 1 is 1.23 bits per heavy atom. The number of aromatic nitrogens is 4. The van der Waals surface area contributed by atoms with E-state index in [9.17, 15) is 4.79 Å². The number of aryl methyl sites for hydroxylation is 1. The number of hydrogen-bond acceptors (Lipinski definition) is 7. The molecule has 9 heteroatoms. The van der Waals surface area contributed by atoms with Crippen LogP contribution in [0.2, 0.25) is 0 Å². The molecule has 0 aliphatic heterocycles. The highest BCUT2D eigenvalue weighted by molar-refractivity contribution is 7.22. The maximum atomic E-state index is 13.1. The van der Waals surface area contributed by atoms with E-state index in [-0.39, 0.29) is 5.91 Å². The van der Waals surface area contributed by atoms with Gasteiger partial charge in [-0.3, -0.25) is 10.1 Å². The molecule has 5 rings (SSSR count). The minimum absolute atomic E-state index is 0.229. The molecule has 0 atom stereocenters. The lowest BCUT2D eigenvalue weighted by Gasteiger charge is -2.06. The van der Waals surface area contributed by atoms with E-state index < -0.39 is 0 Å². The second-order valence-corrected chi connectivity index (χ2v) is 8.80. The summed E-state index contributed by atoms with van der Waals surface area (Å²) in [5.41, 5.74) is 2.81. The van der Waals surface area contributed by atoms with Crippen LogP contribution in [0.3, 0.4) is 0 Å². The maximum absolute atomic E-state index is 13.1. The number of thiophene rings is 1. The van der Waals surface area contributed by atoms with Gasteiger partial charge in [0.15, 0.2) is 10.8 Å². The van der Waals surface area contributed by atoms with Crippen LogP contribution in [-0.4, -0.2) is 32.8 Å². The van der Waals surface area contributed by atoms with E-state index in [0.29, 0.717) is 22.9 Å². The van der Waals surface area contributed by atoms with Crippen LogP contribution in [0.15, 0.2) is 48.0 Å². The highest BCUT2D eigenvalue weighted by Crippen LogP contribution is 2.30. The first-order valence-corrected chi connectivity index (χ1v) is 10.9. The fraction of sp³-hybridized carbons (Fsp3) is 0.143. The number of benzene rings is 1. The summed E-state index contributed by atoms with van der Waals surface area (Å²) in [6, 6.07) is 11.5. The average Bonchev–Trinajstić information content (AvgIpc) is 3.47. The van der Waals surface area contributed by atoms with Crippen LogP contribution in [0, 0.1) is 6.92 Å². The molecule has 1 amide bonds. The first-order valence-electron chi connectivity index (χ1n) is 9.22. The average molecular weight is 436 g/mol. The minimum Gasteiger partial charge on any atom is -0.497 e. The number of nitrogens with one attached hydrogen (secondary N) is 1. The van der Waals surface area contributed by atoms with E-state index in [1.165, 1.54) is 16.2 Å². The highest BCUT2D eigenvalue weighted by atomic mass is 32.1. The molecular weight excluding hydrogens is 418 g/mol. The summed E-state index contributed by atoms with van der Waals surface area (Å²) in [4.78, 5) is 23.4. The minimum atomic E-state index is -0.229. The van der Waals surface area contributed by atoms with Gasteiger partial charge in [0, 0.05) is 10.6 Å². The molecule has 0 saturated carbocycles. The number of nitrogens with zero attached hydrogens (tertiary/aromatic N) is 4. The van der Waals surface area contributed by atoms with Gasteiger partial charge in [-0.2, -0.15) is 5.10 Å². The Bertz CT molecular complexity index is 1370. The van der Waals surface area contributed by atoms with Crippen molar-refractivity contribution >= 4 is 55.0 Å². The summed E-state index contributed by atoms with van der Waals surface area (Å²) >= 11 is 3.08. The summed E-state index contributed by atoms with van der Waals surface area (Å²) in [6.45, 7) is 2.50. The van der Waals surface area contributed by atoms with Crippen LogP contribution in [0.5, 0.6) is 5.75 Å². The molecule has 0 aliphatic rings. The summed E-state index contributed by atoms with van der Waals surface area (Å²) in [6.07, 6.45) is 1.70. The van der Waals surface area contributed by atoms with E-state index in [2.05, 4.69) is 26.4 Å². The number of carbonyl (C=O) groups is 1. The summed E-state index contributed by atoms with van der Waals surface area (Å²) < 4.78 is 8.04. The molecule has 4 heterocycles. The van der Waals surface area contributed by atoms with Crippen molar-refractivity contribution in [2.45, 2.75) is 13.5 Å². The molecule has 0 fully saturated rings. The molecule has 1 N–H and O–H groups in total. The predicted octanol–water partition coefficient (Wildman–Crippen LogP) is 4.72. The van der Waals surface area contributed by atoms with Crippen LogP contribution in [0.1, 0.15) is 20.9 Å². The molecule has 0 radical (unpaired) electrons. The number of anilines is 1. The number of hydrogen-bond donors (Lipinski definition) is 1. The third-order valence-corrected chi connectivity index (χ3v) is 6.48. The van der Waals surface area contributed by atoms with Crippen molar-refractivity contribution in [3.05, 3.63) is 64.1 Å². The third kappa shape index (κ3) is 3.42. The normalized spacial score (nSPS) is 11.3. The molecule has 150 valence electrons. The van der Waals surface area contributed by atoms with Crippen molar-refractivity contribution in [2.75, 3.05) is 12.4 Å². The number of pyridine rings is 1. The van der Waals surface area contributed by atoms with Gasteiger partial charge in [-0.25, -0.2) is 14.6 Å². The van der Waals surface area contributed by atoms with Crippen molar-refractivity contribution in [1.82, 2.24) is 19.7 Å². The molecule has 0 spiro atoms. The van der Waals surface area contributed by atoms with E-state index in [0.717, 1.165) is 27.0 Å². The quantitative estimate of drug-likeness (QED) is 0.432. The molecule has 0 aliphatic carbocycles. The zero-order valence-corrected chi connectivity index (χ0v) is 17.9. The first-order chi connectivity index (χ1) is 14.6. The van der Waals surface area contributed by atoms with Crippen molar-refractivity contribution in [3.63, 3.8) is 0 Å². The lowest BCUT2D eigenvalue weighted by Crippen LogP contribution is -2.13.